The van der Waals surface area contributed by atoms with E-state index >= 15 is 0 Å². The molecule has 0 radical (unpaired) electrons. The first-order chi connectivity index (χ1) is 15.9. The summed E-state index contributed by atoms with van der Waals surface area (Å²) in [6.07, 6.45) is 7.22. The number of benzene rings is 2. The lowest BCUT2D eigenvalue weighted by Gasteiger charge is -2.25. The van der Waals surface area contributed by atoms with Crippen LogP contribution in [0.15, 0.2) is 24.3 Å². The first-order valence-electron chi connectivity index (χ1n) is 12.2. The van der Waals surface area contributed by atoms with Crippen molar-refractivity contribution in [1.82, 2.24) is 0 Å². The molecule has 5 heteroatoms. The third kappa shape index (κ3) is 5.19. The molecule has 0 bridgehead atoms. The molecule has 2 aromatic rings. The van der Waals surface area contributed by atoms with Crippen molar-refractivity contribution < 1.29 is 24.1 Å². The van der Waals surface area contributed by atoms with Crippen molar-refractivity contribution in [3.8, 4) is 17.2 Å². The van der Waals surface area contributed by atoms with Crippen LogP contribution in [0.3, 0.4) is 0 Å². The fourth-order valence-electron chi connectivity index (χ4n) is 5.25. The third-order valence-corrected chi connectivity index (χ3v) is 6.87. The predicted octanol–water partition coefficient (Wildman–Crippen LogP) is 6.67. The van der Waals surface area contributed by atoms with E-state index in [1.807, 2.05) is 19.9 Å². The van der Waals surface area contributed by atoms with Crippen LogP contribution in [0.25, 0.3) is 0 Å². The summed E-state index contributed by atoms with van der Waals surface area (Å²) >= 11 is 0. The van der Waals surface area contributed by atoms with Crippen molar-refractivity contribution in [2.75, 3.05) is 7.11 Å². The van der Waals surface area contributed by atoms with Gasteiger partial charge in [0.1, 0.15) is 29.4 Å². The number of esters is 1. The topological polar surface area (TPSA) is 65.0 Å². The third-order valence-electron chi connectivity index (χ3n) is 6.87. The van der Waals surface area contributed by atoms with Gasteiger partial charge in [0.25, 0.3) is 0 Å². The van der Waals surface area contributed by atoms with Gasteiger partial charge in [-0.05, 0) is 61.8 Å². The second kappa shape index (κ2) is 10.2. The van der Waals surface area contributed by atoms with Gasteiger partial charge in [-0.15, -0.1) is 0 Å². The van der Waals surface area contributed by atoms with Crippen molar-refractivity contribution in [2.24, 2.45) is 11.8 Å². The maximum atomic E-state index is 13.1. The molecule has 1 N–H and O–H groups in total. The number of hydrogen-bond donors (Lipinski definition) is 1. The first-order valence-corrected chi connectivity index (χ1v) is 12.2. The Bertz CT molecular complexity index is 1000. The van der Waals surface area contributed by atoms with Gasteiger partial charge < -0.3 is 19.3 Å². The monoisotopic (exact) mass is 452 g/mol. The summed E-state index contributed by atoms with van der Waals surface area (Å²) in [4.78, 5) is 13.1. The lowest BCUT2D eigenvalue weighted by Crippen LogP contribution is -2.15. The zero-order valence-corrected chi connectivity index (χ0v) is 20.3. The van der Waals surface area contributed by atoms with Crippen LogP contribution >= 0.6 is 0 Å². The number of methoxy groups -OCH3 is 1. The molecule has 1 atom stereocenters. The molecule has 5 nitrogen and oxygen atoms in total. The molecule has 1 heterocycles. The quantitative estimate of drug-likeness (QED) is 0.475. The molecule has 0 saturated heterocycles. The highest BCUT2D eigenvalue weighted by molar-refractivity contribution is 5.96. The summed E-state index contributed by atoms with van der Waals surface area (Å²) < 4.78 is 17.8. The van der Waals surface area contributed by atoms with Crippen molar-refractivity contribution in [2.45, 2.75) is 78.4 Å². The number of ether oxygens (including phenoxy) is 3. The summed E-state index contributed by atoms with van der Waals surface area (Å²) in [6.45, 7) is 6.31. The van der Waals surface area contributed by atoms with Gasteiger partial charge in [-0.3, -0.25) is 0 Å². The largest absolute Gasteiger partial charge is 0.495 e. The minimum atomic E-state index is -0.736. The molecular weight excluding hydrogens is 416 g/mol. The van der Waals surface area contributed by atoms with Gasteiger partial charge in [-0.25, -0.2) is 4.79 Å². The molecule has 1 aliphatic carbocycles. The van der Waals surface area contributed by atoms with Crippen molar-refractivity contribution in [3.05, 3.63) is 52.1 Å². The van der Waals surface area contributed by atoms with Gasteiger partial charge in [0.05, 0.1) is 13.2 Å². The van der Waals surface area contributed by atoms with E-state index < -0.39 is 12.1 Å². The summed E-state index contributed by atoms with van der Waals surface area (Å²) in [5.41, 5.74) is 4.00. The second-order valence-corrected chi connectivity index (χ2v) is 9.99. The van der Waals surface area contributed by atoms with Crippen LogP contribution in [0.5, 0.6) is 17.2 Å². The zero-order valence-electron chi connectivity index (χ0n) is 20.3. The molecule has 2 aromatic carbocycles. The van der Waals surface area contributed by atoms with Crippen LogP contribution in [-0.2, 0) is 17.8 Å². The SMILES string of the molecule is COc1c(C(O)CC(C)C)ccc2c1C(=O)OCc1cc(C)cc(CCC3CCCC3)c1O2. The van der Waals surface area contributed by atoms with E-state index in [4.69, 9.17) is 14.2 Å². The smallest absolute Gasteiger partial charge is 0.346 e. The Morgan fingerprint density at radius 2 is 1.94 bits per heavy atom. The summed E-state index contributed by atoms with van der Waals surface area (Å²) in [6, 6.07) is 7.78. The second-order valence-electron chi connectivity index (χ2n) is 9.99. The Labute approximate surface area is 197 Å². The average Bonchev–Trinajstić information content (AvgIpc) is 3.29. The van der Waals surface area contributed by atoms with Gasteiger partial charge in [-0.2, -0.15) is 0 Å². The number of cyclic esters (lactones) is 1. The molecule has 0 amide bonds. The predicted molar refractivity (Wildman–Crippen MR) is 128 cm³/mol. The number of hydrogen-bond acceptors (Lipinski definition) is 5. The number of aliphatic hydroxyl groups excluding tert-OH is 1. The lowest BCUT2D eigenvalue weighted by molar-refractivity contribution is 0.0454. The molecule has 178 valence electrons. The van der Waals surface area contributed by atoms with E-state index in [0.29, 0.717) is 29.4 Å². The van der Waals surface area contributed by atoms with E-state index in [0.717, 1.165) is 41.2 Å². The van der Waals surface area contributed by atoms with Crippen molar-refractivity contribution in [3.63, 3.8) is 0 Å². The molecule has 33 heavy (non-hydrogen) atoms. The number of rotatable bonds is 7. The Balaban J connectivity index is 1.72. The fraction of sp³-hybridized carbons (Fsp3) is 0.536. The maximum Gasteiger partial charge on any atom is 0.346 e. The summed E-state index contributed by atoms with van der Waals surface area (Å²) in [5.74, 6) is 2.10. The van der Waals surface area contributed by atoms with Gasteiger partial charge in [0.2, 0.25) is 0 Å². The molecule has 0 aromatic heterocycles. The van der Waals surface area contributed by atoms with E-state index in [2.05, 4.69) is 13.0 Å². The number of carbonyl (C=O) groups is 1. The van der Waals surface area contributed by atoms with Crippen LogP contribution in [0.1, 0.15) is 91.1 Å². The summed E-state index contributed by atoms with van der Waals surface area (Å²) in [5, 5.41) is 10.7. The van der Waals surface area contributed by atoms with Gasteiger partial charge in [-0.1, -0.05) is 51.2 Å². The van der Waals surface area contributed by atoms with Crippen LogP contribution < -0.4 is 9.47 Å². The molecule has 4 rings (SSSR count). The van der Waals surface area contributed by atoms with Crippen molar-refractivity contribution >= 4 is 5.97 Å². The Hall–Kier alpha value is -2.53. The number of fused-ring (bicyclic) bond motifs is 2. The Morgan fingerprint density at radius 3 is 2.64 bits per heavy atom. The van der Waals surface area contributed by atoms with Gasteiger partial charge >= 0.3 is 5.97 Å². The molecule has 1 aliphatic heterocycles. The molecule has 0 spiro atoms. The van der Waals surface area contributed by atoms with Crippen LogP contribution in [0.2, 0.25) is 0 Å². The molecular formula is C28H36O5. The van der Waals surface area contributed by atoms with E-state index in [-0.39, 0.29) is 12.2 Å². The van der Waals surface area contributed by atoms with E-state index in [1.54, 1.807) is 12.1 Å². The molecule has 1 saturated carbocycles. The minimum Gasteiger partial charge on any atom is -0.495 e. The lowest BCUT2D eigenvalue weighted by atomic mass is 9.94. The number of carbonyl (C=O) groups excluding carboxylic acids is 1. The highest BCUT2D eigenvalue weighted by Crippen LogP contribution is 2.43. The number of aryl methyl sites for hydroxylation is 2. The first kappa shape index (κ1) is 23.6. The molecule has 2 aliphatic rings. The van der Waals surface area contributed by atoms with Crippen LogP contribution in [-0.4, -0.2) is 18.2 Å². The molecule has 1 fully saturated rings. The summed E-state index contributed by atoms with van der Waals surface area (Å²) in [7, 11) is 1.51. The highest BCUT2D eigenvalue weighted by Gasteiger charge is 2.30. The minimum absolute atomic E-state index is 0.146. The average molecular weight is 453 g/mol. The Morgan fingerprint density at radius 1 is 1.18 bits per heavy atom. The van der Waals surface area contributed by atoms with E-state index in [9.17, 15) is 9.90 Å². The molecule has 1 unspecified atom stereocenters. The zero-order chi connectivity index (χ0) is 23.5. The van der Waals surface area contributed by atoms with Crippen molar-refractivity contribution in [1.29, 1.82) is 0 Å². The maximum absolute atomic E-state index is 13.1. The van der Waals surface area contributed by atoms with Gasteiger partial charge in [0.15, 0.2) is 0 Å². The normalized spacial score (nSPS) is 17.0. The van der Waals surface area contributed by atoms with Gasteiger partial charge in [0, 0.05) is 11.1 Å². The number of aliphatic hydroxyl groups is 1. The Kier molecular flexibility index (Phi) is 7.28. The highest BCUT2D eigenvalue weighted by atomic mass is 16.5. The van der Waals surface area contributed by atoms with Crippen LogP contribution in [0, 0.1) is 18.8 Å². The fourth-order valence-corrected chi connectivity index (χ4v) is 5.25. The standard InChI is InChI=1S/C28H36O5/c1-17(2)13-23(29)22-11-12-24-25(27(22)31-4)28(30)32-16-21-15-18(3)14-20(26(21)33-24)10-9-19-7-5-6-8-19/h11-12,14-15,17,19,23,29H,5-10,13,16H2,1-4H3. The van der Waals surface area contributed by atoms with E-state index in [1.165, 1.54) is 32.8 Å². The van der Waals surface area contributed by atoms with Crippen LogP contribution in [0.4, 0.5) is 0 Å².